The van der Waals surface area contributed by atoms with Crippen molar-refractivity contribution >= 4 is 42.6 Å². The Hall–Kier alpha value is -2.48. The number of aliphatic hydroxyl groups is 1. The molecule has 27 heavy (non-hydrogen) atoms. The number of carbonyl (C=O) groups excluding carboxylic acids is 1. The van der Waals surface area contributed by atoms with Crippen LogP contribution in [0.1, 0.15) is 5.56 Å². The Morgan fingerprint density at radius 3 is 2.04 bits per heavy atom. The van der Waals surface area contributed by atoms with Crippen LogP contribution >= 0.6 is 0 Å². The SMILES string of the molecule is O=C(C=C(O)c1ccc2c(S(=O)(=O)O)cc(S(=O)(=O)O)cc2c1)C(F)(F)F. The van der Waals surface area contributed by atoms with Gasteiger partial charge in [0.2, 0.25) is 0 Å². The van der Waals surface area contributed by atoms with E-state index < -0.39 is 47.7 Å². The van der Waals surface area contributed by atoms with Crippen LogP contribution in [-0.4, -0.2) is 43.0 Å². The Morgan fingerprint density at radius 1 is 0.963 bits per heavy atom. The number of halogens is 3. The highest BCUT2D eigenvalue weighted by Gasteiger charge is 2.37. The molecular formula is C14H9F3O8S2. The molecule has 2 rings (SSSR count). The first kappa shape index (κ1) is 20.8. The van der Waals surface area contributed by atoms with E-state index in [1.165, 1.54) is 0 Å². The Labute approximate surface area is 150 Å². The van der Waals surface area contributed by atoms with E-state index in [-0.39, 0.29) is 22.4 Å². The molecule has 0 fully saturated rings. The minimum Gasteiger partial charge on any atom is -0.507 e. The molecule has 0 aliphatic heterocycles. The van der Waals surface area contributed by atoms with E-state index in [2.05, 4.69) is 0 Å². The molecule has 0 radical (unpaired) electrons. The standard InChI is InChI=1S/C14H9F3O8S2/c15-14(16,17)13(19)6-11(18)7-1-2-10-8(3-7)4-9(26(20,21)22)5-12(10)27(23,24)25/h1-6,18H,(H,20,21,22)(H,23,24,25). The molecule has 0 aromatic heterocycles. The zero-order valence-corrected chi connectivity index (χ0v) is 14.4. The lowest BCUT2D eigenvalue weighted by atomic mass is 10.1. The number of ketones is 1. The number of fused-ring (bicyclic) bond motifs is 1. The Kier molecular flexibility index (Phi) is 5.09. The van der Waals surface area contributed by atoms with Gasteiger partial charge in [-0.1, -0.05) is 12.1 Å². The minimum atomic E-state index is -5.24. The van der Waals surface area contributed by atoms with Crippen LogP contribution in [-0.2, 0) is 25.0 Å². The number of aliphatic hydroxyl groups excluding tert-OH is 1. The fraction of sp³-hybridized carbons (Fsp3) is 0.0714. The topological polar surface area (TPSA) is 146 Å². The fourth-order valence-electron chi connectivity index (χ4n) is 2.12. The van der Waals surface area contributed by atoms with Gasteiger partial charge in [-0.3, -0.25) is 13.9 Å². The third-order valence-corrected chi connectivity index (χ3v) is 5.03. The second-order valence-corrected chi connectivity index (χ2v) is 8.01. The summed E-state index contributed by atoms with van der Waals surface area (Å²) in [5, 5.41) is 9.16. The maximum absolute atomic E-state index is 12.3. The molecule has 0 saturated heterocycles. The third kappa shape index (κ3) is 4.63. The van der Waals surface area contributed by atoms with Crippen LogP contribution < -0.4 is 0 Å². The van der Waals surface area contributed by atoms with Crippen molar-refractivity contribution in [1.82, 2.24) is 0 Å². The molecule has 2 aromatic rings. The van der Waals surface area contributed by atoms with Gasteiger partial charge < -0.3 is 5.11 Å². The van der Waals surface area contributed by atoms with Crippen LogP contribution in [0.4, 0.5) is 13.2 Å². The van der Waals surface area contributed by atoms with Gasteiger partial charge in [0.15, 0.2) is 0 Å². The number of allylic oxidation sites excluding steroid dienone is 1. The summed E-state index contributed by atoms with van der Waals surface area (Å²) < 4.78 is 101. The number of hydrogen-bond donors (Lipinski definition) is 3. The van der Waals surface area contributed by atoms with Crippen molar-refractivity contribution in [2.45, 2.75) is 16.0 Å². The summed E-state index contributed by atoms with van der Waals surface area (Å²) in [7, 11) is -9.84. The summed E-state index contributed by atoms with van der Waals surface area (Å²) in [6.45, 7) is 0. The number of rotatable bonds is 4. The van der Waals surface area contributed by atoms with Crippen LogP contribution in [0, 0.1) is 0 Å². The highest BCUT2D eigenvalue weighted by molar-refractivity contribution is 7.86. The molecule has 0 aliphatic carbocycles. The molecule has 3 N–H and O–H groups in total. The Balaban J connectivity index is 2.76. The molecule has 0 bridgehead atoms. The first-order valence-electron chi connectivity index (χ1n) is 6.65. The Bertz CT molecular complexity index is 1180. The van der Waals surface area contributed by atoms with Crippen LogP contribution in [0.2, 0.25) is 0 Å². The zero-order valence-electron chi connectivity index (χ0n) is 12.8. The Morgan fingerprint density at radius 2 is 1.56 bits per heavy atom. The highest BCUT2D eigenvalue weighted by atomic mass is 32.2. The van der Waals surface area contributed by atoms with E-state index in [9.17, 15) is 44.5 Å². The molecule has 0 amide bonds. The molecule has 0 unspecified atom stereocenters. The largest absolute Gasteiger partial charge is 0.507 e. The number of benzene rings is 2. The highest BCUT2D eigenvalue weighted by Crippen LogP contribution is 2.30. The average molecular weight is 426 g/mol. The number of carbonyl (C=O) groups is 1. The second kappa shape index (κ2) is 6.60. The molecule has 0 atom stereocenters. The first-order valence-corrected chi connectivity index (χ1v) is 9.53. The molecule has 13 heteroatoms. The van der Waals surface area contributed by atoms with Gasteiger partial charge in [-0.25, -0.2) is 0 Å². The molecule has 0 spiro atoms. The van der Waals surface area contributed by atoms with E-state index >= 15 is 0 Å². The van der Waals surface area contributed by atoms with Crippen molar-refractivity contribution in [3.63, 3.8) is 0 Å². The van der Waals surface area contributed by atoms with Crippen LogP contribution in [0.15, 0.2) is 46.2 Å². The first-order chi connectivity index (χ1) is 12.1. The molecule has 0 heterocycles. The number of hydrogen-bond acceptors (Lipinski definition) is 6. The lowest BCUT2D eigenvalue weighted by Crippen LogP contribution is -2.20. The quantitative estimate of drug-likeness (QED) is 0.384. The van der Waals surface area contributed by atoms with E-state index in [4.69, 9.17) is 4.55 Å². The summed E-state index contributed by atoms with van der Waals surface area (Å²) in [5.41, 5.74) is -0.381. The molecular weight excluding hydrogens is 417 g/mol. The normalized spacial score (nSPS) is 13.7. The summed E-state index contributed by atoms with van der Waals surface area (Å²) >= 11 is 0. The maximum Gasteiger partial charge on any atom is 0.454 e. The predicted molar refractivity (Wildman–Crippen MR) is 85.2 cm³/mol. The fourth-order valence-corrected chi connectivity index (χ4v) is 3.48. The zero-order chi connectivity index (χ0) is 20.8. The van der Waals surface area contributed by atoms with Gasteiger partial charge in [-0.2, -0.15) is 30.0 Å². The molecule has 8 nitrogen and oxygen atoms in total. The van der Waals surface area contributed by atoms with E-state index in [1.807, 2.05) is 0 Å². The van der Waals surface area contributed by atoms with E-state index in [0.717, 1.165) is 24.3 Å². The van der Waals surface area contributed by atoms with Gasteiger partial charge in [0, 0.05) is 17.0 Å². The van der Waals surface area contributed by atoms with Crippen molar-refractivity contribution in [3.05, 3.63) is 42.0 Å². The van der Waals surface area contributed by atoms with Gasteiger partial charge in [0.1, 0.15) is 10.7 Å². The summed E-state index contributed by atoms with van der Waals surface area (Å²) in [4.78, 5) is 9.08. The summed E-state index contributed by atoms with van der Waals surface area (Å²) in [6.07, 6.45) is -5.35. The van der Waals surface area contributed by atoms with Gasteiger partial charge in [-0.05, 0) is 23.6 Å². The maximum atomic E-state index is 12.3. The van der Waals surface area contributed by atoms with Crippen molar-refractivity contribution in [2.24, 2.45) is 0 Å². The molecule has 0 saturated carbocycles. The van der Waals surface area contributed by atoms with Crippen molar-refractivity contribution in [3.8, 4) is 0 Å². The van der Waals surface area contributed by atoms with Crippen LogP contribution in [0.5, 0.6) is 0 Å². The summed E-state index contributed by atoms with van der Waals surface area (Å²) in [6, 6.07) is 4.02. The minimum absolute atomic E-state index is 0.114. The third-order valence-electron chi connectivity index (χ3n) is 3.31. The molecule has 0 aliphatic rings. The van der Waals surface area contributed by atoms with Crippen molar-refractivity contribution in [2.75, 3.05) is 0 Å². The van der Waals surface area contributed by atoms with Gasteiger partial charge in [0.25, 0.3) is 26.0 Å². The predicted octanol–water partition coefficient (Wildman–Crippen LogP) is 2.36. The van der Waals surface area contributed by atoms with Gasteiger partial charge in [0.05, 0.1) is 4.90 Å². The van der Waals surface area contributed by atoms with Crippen molar-refractivity contribution < 1.29 is 49.0 Å². The molecule has 2 aromatic carbocycles. The second-order valence-electron chi connectivity index (χ2n) is 5.20. The average Bonchev–Trinajstić information content (AvgIpc) is 2.50. The van der Waals surface area contributed by atoms with Crippen LogP contribution in [0.25, 0.3) is 16.5 Å². The monoisotopic (exact) mass is 426 g/mol. The lowest BCUT2D eigenvalue weighted by molar-refractivity contribution is -0.165. The number of alkyl halides is 3. The molecule has 146 valence electrons. The van der Waals surface area contributed by atoms with Crippen LogP contribution in [0.3, 0.4) is 0 Å². The summed E-state index contributed by atoms with van der Waals surface area (Å²) in [5.74, 6) is -3.48. The van der Waals surface area contributed by atoms with E-state index in [1.54, 1.807) is 0 Å². The van der Waals surface area contributed by atoms with E-state index in [0.29, 0.717) is 6.07 Å². The van der Waals surface area contributed by atoms with Crippen molar-refractivity contribution in [1.29, 1.82) is 0 Å². The lowest BCUT2D eigenvalue weighted by Gasteiger charge is -2.09. The van der Waals surface area contributed by atoms with Gasteiger partial charge in [-0.15, -0.1) is 0 Å². The van der Waals surface area contributed by atoms with Gasteiger partial charge >= 0.3 is 6.18 Å². The smallest absolute Gasteiger partial charge is 0.454 e.